The summed E-state index contributed by atoms with van der Waals surface area (Å²) in [7, 11) is -1.80. The van der Waals surface area contributed by atoms with Crippen LogP contribution in [0.25, 0.3) is 0 Å². The molecule has 0 bridgehead atoms. The van der Waals surface area contributed by atoms with Crippen LogP contribution in [-0.4, -0.2) is 35.0 Å². The molecule has 1 rings (SSSR count). The van der Waals surface area contributed by atoms with Gasteiger partial charge < -0.3 is 5.11 Å². The molecule has 102 valence electrons. The number of rotatable bonds is 6. The van der Waals surface area contributed by atoms with Crippen molar-refractivity contribution in [3.8, 4) is 0 Å². The lowest BCUT2D eigenvalue weighted by Gasteiger charge is -2.07. The van der Waals surface area contributed by atoms with Crippen LogP contribution in [0.5, 0.6) is 0 Å². The first-order valence-electron chi connectivity index (χ1n) is 5.45. The van der Waals surface area contributed by atoms with E-state index in [-0.39, 0.29) is 18.6 Å². The number of nitrogens with zero attached hydrogens (tertiary/aromatic N) is 2. The van der Waals surface area contributed by atoms with Gasteiger partial charge in [0.2, 0.25) is 10.0 Å². The molecule has 1 aromatic heterocycles. The number of aryl methyl sites for hydroxylation is 2. The Morgan fingerprint density at radius 1 is 1.44 bits per heavy atom. The second kappa shape index (κ2) is 5.38. The molecule has 0 aromatic carbocycles. The van der Waals surface area contributed by atoms with Crippen molar-refractivity contribution in [3.63, 3.8) is 0 Å². The molecule has 0 fully saturated rings. The highest BCUT2D eigenvalue weighted by atomic mass is 32.2. The van der Waals surface area contributed by atoms with Gasteiger partial charge in [0.1, 0.15) is 0 Å². The number of carbonyl (C=O) groups is 1. The number of carboxylic acids is 1. The highest BCUT2D eigenvalue weighted by Crippen LogP contribution is 2.20. The number of nitrogens with one attached hydrogen (secondary N) is 1. The Morgan fingerprint density at radius 2 is 2.06 bits per heavy atom. The van der Waals surface area contributed by atoms with Gasteiger partial charge in [0.15, 0.2) is 0 Å². The summed E-state index contributed by atoms with van der Waals surface area (Å²) in [5.41, 5.74) is 1.78. The van der Waals surface area contributed by atoms with E-state index in [4.69, 9.17) is 5.11 Å². The molecule has 2 N–H and O–H groups in total. The van der Waals surface area contributed by atoms with Crippen LogP contribution >= 0.6 is 0 Å². The summed E-state index contributed by atoms with van der Waals surface area (Å²) in [6.07, 6.45) is -0.0745. The Morgan fingerprint density at radius 3 is 2.50 bits per heavy atom. The van der Waals surface area contributed by atoms with Gasteiger partial charge in [-0.05, 0) is 20.3 Å². The number of hydrogen-bond acceptors (Lipinski definition) is 4. The van der Waals surface area contributed by atoms with E-state index >= 15 is 0 Å². The molecule has 0 saturated carbocycles. The number of aliphatic carboxylic acids is 1. The third-order valence-electron chi connectivity index (χ3n) is 2.57. The summed E-state index contributed by atoms with van der Waals surface area (Å²) in [5, 5.41) is 12.6. The molecule has 0 spiro atoms. The maximum atomic E-state index is 11.8. The lowest BCUT2D eigenvalue weighted by Crippen LogP contribution is -2.18. The lowest BCUT2D eigenvalue weighted by atomic mass is 10.3. The van der Waals surface area contributed by atoms with Gasteiger partial charge >= 0.3 is 5.97 Å². The van der Waals surface area contributed by atoms with Crippen LogP contribution in [0.1, 0.15) is 24.2 Å². The lowest BCUT2D eigenvalue weighted by molar-refractivity contribution is -0.137. The molecule has 0 aliphatic rings. The van der Waals surface area contributed by atoms with Crippen LogP contribution in [0.15, 0.2) is 0 Å². The van der Waals surface area contributed by atoms with Crippen LogP contribution in [0.3, 0.4) is 0 Å². The molecule has 8 heteroatoms. The van der Waals surface area contributed by atoms with Gasteiger partial charge in [0.25, 0.3) is 0 Å². The van der Waals surface area contributed by atoms with Crippen LogP contribution < -0.4 is 4.72 Å². The van der Waals surface area contributed by atoms with Gasteiger partial charge in [-0.2, -0.15) is 5.10 Å². The van der Waals surface area contributed by atoms with Crippen molar-refractivity contribution < 1.29 is 18.3 Å². The van der Waals surface area contributed by atoms with Crippen LogP contribution in [0, 0.1) is 13.8 Å². The Bertz CT molecular complexity index is 548. The zero-order valence-corrected chi connectivity index (χ0v) is 11.4. The summed E-state index contributed by atoms with van der Waals surface area (Å²) < 4.78 is 27.5. The fraction of sp³-hybridized carbons (Fsp3) is 0.600. The summed E-state index contributed by atoms with van der Waals surface area (Å²) in [6.45, 7) is 3.47. The highest BCUT2D eigenvalue weighted by Gasteiger charge is 2.17. The molecule has 0 saturated heterocycles. The van der Waals surface area contributed by atoms with Crippen LogP contribution in [0.2, 0.25) is 0 Å². The third kappa shape index (κ3) is 3.73. The van der Waals surface area contributed by atoms with Crippen LogP contribution in [-0.2, 0) is 21.9 Å². The zero-order chi connectivity index (χ0) is 13.9. The van der Waals surface area contributed by atoms with Gasteiger partial charge in [-0.3, -0.25) is 14.2 Å². The maximum absolute atomic E-state index is 11.8. The van der Waals surface area contributed by atoms with Crippen molar-refractivity contribution in [1.29, 1.82) is 0 Å². The van der Waals surface area contributed by atoms with E-state index < -0.39 is 16.0 Å². The van der Waals surface area contributed by atoms with Gasteiger partial charge in [-0.1, -0.05) is 0 Å². The average Bonchev–Trinajstić information content (AvgIpc) is 2.44. The van der Waals surface area contributed by atoms with E-state index in [0.29, 0.717) is 17.1 Å². The summed E-state index contributed by atoms with van der Waals surface area (Å²) in [6, 6.07) is 0. The number of hydrogen-bond donors (Lipinski definition) is 2. The topological polar surface area (TPSA) is 101 Å². The minimum atomic E-state index is -3.53. The Kier molecular flexibility index (Phi) is 4.33. The van der Waals surface area contributed by atoms with E-state index in [9.17, 15) is 13.2 Å². The molecule has 7 nitrogen and oxygen atoms in total. The van der Waals surface area contributed by atoms with Gasteiger partial charge in [-0.15, -0.1) is 0 Å². The van der Waals surface area contributed by atoms with Crippen molar-refractivity contribution in [1.82, 2.24) is 9.78 Å². The minimum absolute atomic E-state index is 0.0863. The molecule has 0 radical (unpaired) electrons. The minimum Gasteiger partial charge on any atom is -0.481 e. The van der Waals surface area contributed by atoms with Gasteiger partial charge in [0, 0.05) is 13.5 Å². The molecule has 18 heavy (non-hydrogen) atoms. The standard InChI is InChI=1S/C10H17N3O4S/c1-7-10(8(2)13(3)11-7)12-18(16,17)6-4-5-9(14)15/h12H,4-6H2,1-3H3,(H,14,15). The number of sulfonamides is 1. The van der Waals surface area contributed by atoms with Crippen molar-refractivity contribution >= 4 is 21.7 Å². The molecule has 1 heterocycles. The van der Waals surface area contributed by atoms with Crippen molar-refractivity contribution in [2.24, 2.45) is 7.05 Å². The molecular formula is C10H17N3O4S. The molecular weight excluding hydrogens is 258 g/mol. The second-order valence-electron chi connectivity index (χ2n) is 4.09. The first-order chi connectivity index (χ1) is 8.23. The monoisotopic (exact) mass is 275 g/mol. The normalized spacial score (nSPS) is 11.5. The largest absolute Gasteiger partial charge is 0.481 e. The molecule has 0 unspecified atom stereocenters. The average molecular weight is 275 g/mol. The number of anilines is 1. The quantitative estimate of drug-likeness (QED) is 0.793. The number of carboxylic acid groups (broad SMARTS) is 1. The van der Waals surface area contributed by atoms with E-state index in [1.54, 1.807) is 25.6 Å². The molecule has 0 aliphatic carbocycles. The second-order valence-corrected chi connectivity index (χ2v) is 5.93. The Hall–Kier alpha value is -1.57. The predicted octanol–water partition coefficient (Wildman–Crippen LogP) is 0.643. The fourth-order valence-corrected chi connectivity index (χ4v) is 2.77. The first kappa shape index (κ1) is 14.5. The molecule has 0 aliphatic heterocycles. The predicted molar refractivity (Wildman–Crippen MR) is 67.0 cm³/mol. The number of aromatic nitrogens is 2. The first-order valence-corrected chi connectivity index (χ1v) is 7.10. The summed E-state index contributed by atoms with van der Waals surface area (Å²) in [4.78, 5) is 10.3. The zero-order valence-electron chi connectivity index (χ0n) is 10.6. The Labute approximate surface area is 106 Å². The van der Waals surface area contributed by atoms with E-state index in [0.717, 1.165) is 0 Å². The summed E-state index contributed by atoms with van der Waals surface area (Å²) in [5.74, 6) is -1.22. The van der Waals surface area contributed by atoms with E-state index in [1.165, 1.54) is 0 Å². The molecule has 0 atom stereocenters. The highest BCUT2D eigenvalue weighted by molar-refractivity contribution is 7.92. The molecule has 0 amide bonds. The van der Waals surface area contributed by atoms with E-state index in [1.807, 2.05) is 0 Å². The smallest absolute Gasteiger partial charge is 0.303 e. The Balaban J connectivity index is 2.74. The fourth-order valence-electron chi connectivity index (χ4n) is 1.54. The van der Waals surface area contributed by atoms with Crippen molar-refractivity contribution in [2.75, 3.05) is 10.5 Å². The van der Waals surface area contributed by atoms with Gasteiger partial charge in [0.05, 0.1) is 22.8 Å². The third-order valence-corrected chi connectivity index (χ3v) is 3.91. The van der Waals surface area contributed by atoms with Crippen molar-refractivity contribution in [2.45, 2.75) is 26.7 Å². The van der Waals surface area contributed by atoms with Crippen molar-refractivity contribution in [3.05, 3.63) is 11.4 Å². The maximum Gasteiger partial charge on any atom is 0.303 e. The summed E-state index contributed by atoms with van der Waals surface area (Å²) >= 11 is 0. The van der Waals surface area contributed by atoms with Gasteiger partial charge in [-0.25, -0.2) is 8.42 Å². The molecule has 1 aromatic rings. The van der Waals surface area contributed by atoms with Crippen LogP contribution in [0.4, 0.5) is 5.69 Å². The van der Waals surface area contributed by atoms with E-state index in [2.05, 4.69) is 9.82 Å². The SMILES string of the molecule is Cc1nn(C)c(C)c1NS(=O)(=O)CCCC(=O)O.